The molecule has 0 aliphatic heterocycles. The lowest BCUT2D eigenvalue weighted by atomic mass is 10.1. The largest absolute Gasteiger partial charge is 0.255 e. The fourth-order valence-electron chi connectivity index (χ4n) is 2.66. The summed E-state index contributed by atoms with van der Waals surface area (Å²) in [6, 6.07) is 16.7. The zero-order valence-corrected chi connectivity index (χ0v) is 17.4. The molecule has 0 spiro atoms. The van der Waals surface area contributed by atoms with Crippen molar-refractivity contribution < 1.29 is 0 Å². The molecule has 2 nitrogen and oxygen atoms in total. The molecule has 2 aromatic carbocycles. The van der Waals surface area contributed by atoms with Crippen molar-refractivity contribution in [1.82, 2.24) is 0 Å². The Labute approximate surface area is 170 Å². The van der Waals surface area contributed by atoms with Gasteiger partial charge >= 0.3 is 0 Å². The predicted molar refractivity (Wildman–Crippen MR) is 126 cm³/mol. The first kappa shape index (κ1) is 21.6. The highest BCUT2D eigenvalue weighted by Crippen LogP contribution is 2.17. The van der Waals surface area contributed by atoms with Crippen LogP contribution in [-0.2, 0) is 0 Å². The molecule has 0 aliphatic carbocycles. The Balaban J connectivity index is 2.13. The maximum atomic E-state index is 4.82. The van der Waals surface area contributed by atoms with Crippen LogP contribution in [0.3, 0.4) is 0 Å². The molecule has 0 unspecified atom stereocenters. The molecule has 0 radical (unpaired) electrons. The van der Waals surface area contributed by atoms with Crippen molar-refractivity contribution in [2.45, 2.75) is 52.9 Å². The molecular formula is C26H32N2. The molecule has 2 heteroatoms. The van der Waals surface area contributed by atoms with Crippen LogP contribution in [0.2, 0.25) is 0 Å². The summed E-state index contributed by atoms with van der Waals surface area (Å²) in [5.41, 5.74) is 5.37. The van der Waals surface area contributed by atoms with Gasteiger partial charge in [-0.15, -0.1) is 0 Å². The number of benzene rings is 2. The maximum Gasteiger partial charge on any atom is 0.0634 e. The van der Waals surface area contributed by atoms with E-state index < -0.39 is 0 Å². The van der Waals surface area contributed by atoms with Crippen LogP contribution in [0.4, 0.5) is 11.4 Å². The number of nitrogens with zero attached hydrogens (tertiary/aromatic N) is 2. The monoisotopic (exact) mass is 372 g/mol. The van der Waals surface area contributed by atoms with Crippen LogP contribution in [-0.4, -0.2) is 11.9 Å². The fourth-order valence-corrected chi connectivity index (χ4v) is 2.66. The summed E-state index contributed by atoms with van der Waals surface area (Å²) in [4.78, 5) is 9.47. The van der Waals surface area contributed by atoms with E-state index in [1.54, 1.807) is 0 Å². The van der Waals surface area contributed by atoms with E-state index in [4.69, 9.17) is 4.99 Å². The Hall–Kier alpha value is -2.74. The second-order valence-electron chi connectivity index (χ2n) is 6.77. The summed E-state index contributed by atoms with van der Waals surface area (Å²) in [5.74, 6) is 0. The third-order valence-corrected chi connectivity index (χ3v) is 4.30. The van der Waals surface area contributed by atoms with Gasteiger partial charge in [0.05, 0.1) is 17.1 Å². The van der Waals surface area contributed by atoms with Gasteiger partial charge in [0.2, 0.25) is 0 Å². The Morgan fingerprint density at radius 1 is 0.750 bits per heavy atom. The van der Waals surface area contributed by atoms with Gasteiger partial charge in [0.25, 0.3) is 0 Å². The van der Waals surface area contributed by atoms with Gasteiger partial charge in [0, 0.05) is 6.21 Å². The van der Waals surface area contributed by atoms with E-state index in [1.165, 1.54) is 11.1 Å². The van der Waals surface area contributed by atoms with Gasteiger partial charge in [0.15, 0.2) is 0 Å². The standard InChI is InChI=1S/C26H32N2/c1-4-7-10-22-13-17-24(18-14-22)27-21-26(12-9-6-3)28-25-19-15-23(16-20-25)11-8-5-2/h7-8,10-11,13-21H,4-6,9,12H2,1-3H3. The summed E-state index contributed by atoms with van der Waals surface area (Å²) in [7, 11) is 0. The first-order valence-corrected chi connectivity index (χ1v) is 10.4. The van der Waals surface area contributed by atoms with Gasteiger partial charge in [-0.05, 0) is 61.1 Å². The molecule has 0 fully saturated rings. The summed E-state index contributed by atoms with van der Waals surface area (Å²) < 4.78 is 0. The molecule has 146 valence electrons. The van der Waals surface area contributed by atoms with Crippen molar-refractivity contribution in [2.24, 2.45) is 9.98 Å². The normalized spacial score (nSPS) is 12.6. The second-order valence-corrected chi connectivity index (χ2v) is 6.77. The molecule has 0 atom stereocenters. The highest BCUT2D eigenvalue weighted by Gasteiger charge is 1.98. The highest BCUT2D eigenvalue weighted by atomic mass is 14.8. The van der Waals surface area contributed by atoms with Crippen molar-refractivity contribution in [2.75, 3.05) is 0 Å². The van der Waals surface area contributed by atoms with Crippen LogP contribution in [0.5, 0.6) is 0 Å². The highest BCUT2D eigenvalue weighted by molar-refractivity contribution is 6.31. The molecule has 0 heterocycles. The number of allylic oxidation sites excluding steroid dienone is 2. The number of hydrogen-bond donors (Lipinski definition) is 0. The molecule has 0 bridgehead atoms. The van der Waals surface area contributed by atoms with E-state index >= 15 is 0 Å². The summed E-state index contributed by atoms with van der Waals surface area (Å²) in [5, 5.41) is 0. The summed E-state index contributed by atoms with van der Waals surface area (Å²) >= 11 is 0. The molecule has 0 amide bonds. The molecule has 2 rings (SSSR count). The van der Waals surface area contributed by atoms with Crippen LogP contribution in [0.15, 0.2) is 70.7 Å². The number of aliphatic imine (C=N–C) groups is 2. The average Bonchev–Trinajstić information content (AvgIpc) is 2.74. The number of unbranched alkanes of at least 4 members (excludes halogenated alkanes) is 1. The van der Waals surface area contributed by atoms with E-state index in [-0.39, 0.29) is 0 Å². The Morgan fingerprint density at radius 3 is 1.79 bits per heavy atom. The van der Waals surface area contributed by atoms with Crippen molar-refractivity contribution >= 4 is 35.5 Å². The van der Waals surface area contributed by atoms with Gasteiger partial charge in [-0.3, -0.25) is 9.98 Å². The lowest BCUT2D eigenvalue weighted by Crippen LogP contribution is -1.99. The molecule has 2 aromatic rings. The van der Waals surface area contributed by atoms with Crippen molar-refractivity contribution in [3.63, 3.8) is 0 Å². The maximum absolute atomic E-state index is 4.82. The minimum atomic E-state index is 0.939. The summed E-state index contributed by atoms with van der Waals surface area (Å²) in [6.07, 6.45) is 15.8. The van der Waals surface area contributed by atoms with Gasteiger partial charge in [-0.2, -0.15) is 0 Å². The minimum absolute atomic E-state index is 0.939. The molecule has 0 saturated heterocycles. The Morgan fingerprint density at radius 2 is 1.29 bits per heavy atom. The van der Waals surface area contributed by atoms with Crippen LogP contribution in [0.1, 0.15) is 64.0 Å². The van der Waals surface area contributed by atoms with Gasteiger partial charge in [-0.25, -0.2) is 0 Å². The van der Waals surface area contributed by atoms with Gasteiger partial charge in [-0.1, -0.05) is 75.8 Å². The lowest BCUT2D eigenvalue weighted by molar-refractivity contribution is 0.839. The van der Waals surface area contributed by atoms with Crippen molar-refractivity contribution in [1.29, 1.82) is 0 Å². The molecule has 0 aromatic heterocycles. The molecular weight excluding hydrogens is 340 g/mol. The lowest BCUT2D eigenvalue weighted by Gasteiger charge is -2.02. The average molecular weight is 373 g/mol. The summed E-state index contributed by atoms with van der Waals surface area (Å²) in [6.45, 7) is 6.48. The first-order valence-electron chi connectivity index (χ1n) is 10.4. The number of hydrogen-bond acceptors (Lipinski definition) is 2. The van der Waals surface area contributed by atoms with E-state index in [9.17, 15) is 0 Å². The molecule has 0 aliphatic rings. The number of rotatable bonds is 10. The van der Waals surface area contributed by atoms with E-state index in [1.807, 2.05) is 6.21 Å². The third-order valence-electron chi connectivity index (χ3n) is 4.30. The van der Waals surface area contributed by atoms with Crippen LogP contribution >= 0.6 is 0 Å². The minimum Gasteiger partial charge on any atom is -0.255 e. The van der Waals surface area contributed by atoms with Crippen LogP contribution in [0.25, 0.3) is 12.2 Å². The van der Waals surface area contributed by atoms with Crippen LogP contribution in [0, 0.1) is 0 Å². The van der Waals surface area contributed by atoms with Gasteiger partial charge < -0.3 is 0 Å². The van der Waals surface area contributed by atoms with Gasteiger partial charge in [0.1, 0.15) is 0 Å². The quantitative estimate of drug-likeness (QED) is 0.375. The van der Waals surface area contributed by atoms with Crippen molar-refractivity contribution in [3.8, 4) is 0 Å². The van der Waals surface area contributed by atoms with Crippen molar-refractivity contribution in [3.05, 3.63) is 71.8 Å². The van der Waals surface area contributed by atoms with Crippen LogP contribution < -0.4 is 0 Å². The Bertz CT molecular complexity index is 807. The SMILES string of the molecule is CCC=Cc1ccc(N=CC(CCCC)=Nc2ccc(C=CCC)cc2)cc1. The van der Waals surface area contributed by atoms with E-state index in [0.29, 0.717) is 0 Å². The molecule has 28 heavy (non-hydrogen) atoms. The first-order chi connectivity index (χ1) is 13.7. The predicted octanol–water partition coefficient (Wildman–Crippen LogP) is 8.20. The Kier molecular flexibility index (Phi) is 9.71. The smallest absolute Gasteiger partial charge is 0.0634 e. The third kappa shape index (κ3) is 7.87. The zero-order chi connectivity index (χ0) is 20.0. The van der Waals surface area contributed by atoms with E-state index in [2.05, 4.69) is 98.6 Å². The van der Waals surface area contributed by atoms with E-state index in [0.717, 1.165) is 49.2 Å². The molecule has 0 N–H and O–H groups in total. The molecule has 0 saturated carbocycles. The zero-order valence-electron chi connectivity index (χ0n) is 17.4. The topological polar surface area (TPSA) is 24.7 Å². The fraction of sp³-hybridized carbons (Fsp3) is 0.308. The second kappa shape index (κ2) is 12.6.